The maximum atomic E-state index is 12.9. The van der Waals surface area contributed by atoms with Crippen molar-refractivity contribution in [3.63, 3.8) is 0 Å². The number of hydrogen-bond donors (Lipinski definition) is 0. The molecule has 1 aliphatic rings. The summed E-state index contributed by atoms with van der Waals surface area (Å²) >= 11 is 5.57. The smallest absolute Gasteiger partial charge is 0.187 e. The van der Waals surface area contributed by atoms with Crippen LogP contribution in [0.5, 0.6) is 0 Å². The van der Waals surface area contributed by atoms with E-state index in [0.29, 0.717) is 0 Å². The molecular weight excluding hydrogens is 233 g/mol. The Bertz CT molecular complexity index is 491. The molecule has 1 aromatic carbocycles. The first kappa shape index (κ1) is 11.1. The highest BCUT2D eigenvalue weighted by molar-refractivity contribution is 6.31. The van der Waals surface area contributed by atoms with Crippen molar-refractivity contribution in [1.29, 1.82) is 5.26 Å². The van der Waals surface area contributed by atoms with Gasteiger partial charge in [-0.1, -0.05) is 11.6 Å². The van der Waals surface area contributed by atoms with Crippen LogP contribution in [-0.2, 0) is 4.74 Å². The molecule has 0 radical (unpaired) electrons. The van der Waals surface area contributed by atoms with Gasteiger partial charge in [0, 0.05) is 5.56 Å². The van der Waals surface area contributed by atoms with Crippen LogP contribution in [0.2, 0.25) is 5.02 Å². The normalized spacial score (nSPS) is 17.3. The molecule has 0 N–H and O–H groups in total. The van der Waals surface area contributed by atoms with Crippen LogP contribution in [0.3, 0.4) is 0 Å². The van der Waals surface area contributed by atoms with Crippen molar-refractivity contribution < 1.29 is 13.9 Å². The lowest BCUT2D eigenvalue weighted by Gasteiger charge is -2.33. The molecule has 82 valence electrons. The van der Waals surface area contributed by atoms with Gasteiger partial charge in [-0.05, 0) is 18.2 Å². The van der Waals surface area contributed by atoms with E-state index in [9.17, 15) is 9.18 Å². The average molecular weight is 240 g/mol. The number of ether oxygens (including phenoxy) is 1. The van der Waals surface area contributed by atoms with Gasteiger partial charge in [-0.25, -0.2) is 4.39 Å². The van der Waals surface area contributed by atoms with Gasteiger partial charge in [-0.3, -0.25) is 4.79 Å². The number of benzene rings is 1. The number of carbonyl (C=O) groups excluding carboxylic acids is 1. The predicted molar refractivity (Wildman–Crippen MR) is 54.6 cm³/mol. The monoisotopic (exact) mass is 239 g/mol. The van der Waals surface area contributed by atoms with Crippen molar-refractivity contribution in [3.05, 3.63) is 34.6 Å². The summed E-state index contributed by atoms with van der Waals surface area (Å²) in [6.45, 7) is 0.161. The second-order valence-corrected chi connectivity index (χ2v) is 4.05. The summed E-state index contributed by atoms with van der Waals surface area (Å²) in [7, 11) is 0. The lowest BCUT2D eigenvalue weighted by molar-refractivity contribution is -0.0566. The van der Waals surface area contributed by atoms with Gasteiger partial charge >= 0.3 is 0 Å². The Kier molecular flexibility index (Phi) is 2.66. The summed E-state index contributed by atoms with van der Waals surface area (Å²) in [5.41, 5.74) is -0.891. The van der Waals surface area contributed by atoms with Crippen LogP contribution in [-0.4, -0.2) is 19.0 Å². The summed E-state index contributed by atoms with van der Waals surface area (Å²) in [6, 6.07) is 5.60. The van der Waals surface area contributed by atoms with Gasteiger partial charge in [0.1, 0.15) is 5.82 Å². The zero-order valence-electron chi connectivity index (χ0n) is 8.17. The van der Waals surface area contributed by atoms with Crippen molar-refractivity contribution in [2.45, 2.75) is 0 Å². The van der Waals surface area contributed by atoms with Crippen LogP contribution >= 0.6 is 11.6 Å². The maximum Gasteiger partial charge on any atom is 0.187 e. The minimum Gasteiger partial charge on any atom is -0.377 e. The number of nitriles is 1. The quantitative estimate of drug-likeness (QED) is 0.744. The third-order valence-corrected chi connectivity index (χ3v) is 2.82. The second-order valence-electron chi connectivity index (χ2n) is 3.64. The minimum absolute atomic E-state index is 0.0807. The molecule has 0 saturated carbocycles. The fourth-order valence-corrected chi connectivity index (χ4v) is 1.65. The molecule has 0 atom stereocenters. The number of carbonyl (C=O) groups is 1. The van der Waals surface area contributed by atoms with Crippen molar-refractivity contribution in [2.24, 2.45) is 5.41 Å². The molecule has 1 saturated heterocycles. The summed E-state index contributed by atoms with van der Waals surface area (Å²) in [4.78, 5) is 12.0. The number of rotatable bonds is 2. The van der Waals surface area contributed by atoms with Gasteiger partial charge in [0.2, 0.25) is 0 Å². The molecule has 2 rings (SSSR count). The van der Waals surface area contributed by atoms with E-state index in [1.807, 2.05) is 6.07 Å². The molecule has 5 heteroatoms. The third-order valence-electron chi connectivity index (χ3n) is 2.53. The van der Waals surface area contributed by atoms with E-state index in [2.05, 4.69) is 0 Å². The van der Waals surface area contributed by atoms with E-state index >= 15 is 0 Å². The Morgan fingerprint density at radius 3 is 2.69 bits per heavy atom. The van der Waals surface area contributed by atoms with Gasteiger partial charge in [0.05, 0.1) is 24.3 Å². The van der Waals surface area contributed by atoms with Crippen molar-refractivity contribution in [3.8, 4) is 6.07 Å². The van der Waals surface area contributed by atoms with E-state index < -0.39 is 11.2 Å². The number of Topliss-reactive ketones (excluding diaryl/α,β-unsaturated/α-hetero) is 1. The zero-order valence-corrected chi connectivity index (χ0v) is 8.92. The van der Waals surface area contributed by atoms with Crippen LogP contribution < -0.4 is 0 Å². The Morgan fingerprint density at radius 1 is 1.56 bits per heavy atom. The van der Waals surface area contributed by atoms with Gasteiger partial charge in [0.25, 0.3) is 0 Å². The topological polar surface area (TPSA) is 50.1 Å². The molecule has 0 bridgehead atoms. The summed E-state index contributed by atoms with van der Waals surface area (Å²) < 4.78 is 17.8. The van der Waals surface area contributed by atoms with E-state index in [1.54, 1.807) is 0 Å². The Labute approximate surface area is 96.4 Å². The number of nitrogens with zero attached hydrogens (tertiary/aromatic N) is 1. The van der Waals surface area contributed by atoms with Gasteiger partial charge in [-0.15, -0.1) is 0 Å². The van der Waals surface area contributed by atoms with Crippen molar-refractivity contribution in [1.82, 2.24) is 0 Å². The molecule has 0 amide bonds. The molecule has 0 spiro atoms. The fraction of sp³-hybridized carbons (Fsp3) is 0.273. The Balaban J connectivity index is 2.35. The molecule has 0 aromatic heterocycles. The number of hydrogen-bond acceptors (Lipinski definition) is 3. The van der Waals surface area contributed by atoms with E-state index in [-0.39, 0.29) is 29.6 Å². The molecule has 1 fully saturated rings. The first-order chi connectivity index (χ1) is 7.59. The Morgan fingerprint density at radius 2 is 2.25 bits per heavy atom. The highest BCUT2D eigenvalue weighted by atomic mass is 35.5. The third kappa shape index (κ3) is 1.58. The molecular formula is C11H7ClFNO2. The fourth-order valence-electron chi connectivity index (χ4n) is 1.47. The lowest BCUT2D eigenvalue weighted by atomic mass is 9.80. The van der Waals surface area contributed by atoms with Crippen LogP contribution in [0.4, 0.5) is 4.39 Å². The molecule has 0 aliphatic carbocycles. The first-order valence-electron chi connectivity index (χ1n) is 4.58. The molecule has 1 aromatic rings. The largest absolute Gasteiger partial charge is 0.377 e. The second kappa shape index (κ2) is 3.85. The van der Waals surface area contributed by atoms with Crippen LogP contribution in [0, 0.1) is 22.6 Å². The first-order valence-corrected chi connectivity index (χ1v) is 4.96. The van der Waals surface area contributed by atoms with Crippen LogP contribution in [0.25, 0.3) is 0 Å². The van der Waals surface area contributed by atoms with Crippen molar-refractivity contribution in [2.75, 3.05) is 13.2 Å². The lowest BCUT2D eigenvalue weighted by Crippen LogP contribution is -2.47. The number of ketones is 1. The van der Waals surface area contributed by atoms with E-state index in [1.165, 1.54) is 12.1 Å². The van der Waals surface area contributed by atoms with E-state index in [4.69, 9.17) is 21.6 Å². The molecule has 1 heterocycles. The minimum atomic E-state index is -1.12. The van der Waals surface area contributed by atoms with Crippen LogP contribution in [0.1, 0.15) is 10.4 Å². The molecule has 3 nitrogen and oxygen atoms in total. The van der Waals surface area contributed by atoms with E-state index in [0.717, 1.165) is 6.07 Å². The average Bonchev–Trinajstić information content (AvgIpc) is 2.21. The summed E-state index contributed by atoms with van der Waals surface area (Å²) in [5.74, 6) is -0.961. The summed E-state index contributed by atoms with van der Waals surface area (Å²) in [6.07, 6.45) is 0. The SMILES string of the molecule is N#CC1(C(=O)c2ccc(F)c(Cl)c2)COC1. The Hall–Kier alpha value is -1.44. The molecule has 1 aliphatic heterocycles. The van der Waals surface area contributed by atoms with Gasteiger partial charge in [0.15, 0.2) is 11.2 Å². The predicted octanol–water partition coefficient (Wildman–Crippen LogP) is 2.20. The van der Waals surface area contributed by atoms with Gasteiger partial charge < -0.3 is 4.74 Å². The van der Waals surface area contributed by atoms with Crippen molar-refractivity contribution >= 4 is 17.4 Å². The maximum absolute atomic E-state index is 12.9. The highest BCUT2D eigenvalue weighted by Gasteiger charge is 2.46. The summed E-state index contributed by atoms with van der Waals surface area (Å²) in [5, 5.41) is 8.81. The number of halogens is 2. The van der Waals surface area contributed by atoms with Gasteiger partial charge in [-0.2, -0.15) is 5.26 Å². The van der Waals surface area contributed by atoms with Crippen LogP contribution in [0.15, 0.2) is 18.2 Å². The standard InChI is InChI=1S/C11H7ClFNO2/c12-8-3-7(1-2-9(8)13)10(15)11(4-14)5-16-6-11/h1-3H,5-6H2. The molecule has 0 unspecified atom stereocenters. The zero-order chi connectivity index (χ0) is 11.8. The molecule has 16 heavy (non-hydrogen) atoms. The highest BCUT2D eigenvalue weighted by Crippen LogP contribution is 2.31.